The average molecular weight is 263 g/mol. The van der Waals surface area contributed by atoms with Gasteiger partial charge in [-0.15, -0.1) is 0 Å². The largest absolute Gasteiger partial charge is 0.462 e. The third-order valence-corrected chi connectivity index (χ3v) is 2.80. The average Bonchev–Trinajstić information content (AvgIpc) is 2.83. The minimum Gasteiger partial charge on any atom is -0.462 e. The van der Waals surface area contributed by atoms with Gasteiger partial charge in [0, 0.05) is 0 Å². The highest BCUT2D eigenvalue weighted by Gasteiger charge is 2.18. The Morgan fingerprint density at radius 2 is 2.26 bits per heavy atom. The number of hydroxylamine groups is 1. The van der Waals surface area contributed by atoms with Gasteiger partial charge in [-0.05, 0) is 24.5 Å². The Morgan fingerprint density at radius 1 is 1.47 bits per heavy atom. The van der Waals surface area contributed by atoms with Crippen molar-refractivity contribution in [3.63, 3.8) is 0 Å². The smallest absolute Gasteiger partial charge is 0.452 e. The van der Waals surface area contributed by atoms with E-state index in [1.54, 1.807) is 0 Å². The number of carboxylic acid groups (broad SMARTS) is 1. The lowest BCUT2D eigenvalue weighted by molar-refractivity contribution is 0.0554. The summed E-state index contributed by atoms with van der Waals surface area (Å²) in [6.07, 6.45) is 1.87. The van der Waals surface area contributed by atoms with Crippen molar-refractivity contribution in [3.8, 4) is 0 Å². The number of aromatic nitrogens is 2. The highest BCUT2D eigenvalue weighted by Crippen LogP contribution is 2.18. The Morgan fingerprint density at radius 3 is 2.89 bits per heavy atom. The lowest BCUT2D eigenvalue weighted by Crippen LogP contribution is -2.39. The second-order valence-corrected chi connectivity index (χ2v) is 4.12. The van der Waals surface area contributed by atoms with Gasteiger partial charge in [0.05, 0.1) is 17.6 Å². The molecule has 2 rings (SSSR count). The molecule has 0 saturated heterocycles. The lowest BCUT2D eigenvalue weighted by atomic mass is 10.1. The van der Waals surface area contributed by atoms with Crippen LogP contribution in [-0.4, -0.2) is 27.5 Å². The first-order valence-corrected chi connectivity index (χ1v) is 6.30. The molecule has 6 heteroatoms. The van der Waals surface area contributed by atoms with Crippen molar-refractivity contribution in [3.05, 3.63) is 30.1 Å². The first-order valence-electron chi connectivity index (χ1n) is 6.30. The minimum absolute atomic E-state index is 0.333. The number of rotatable bonds is 5. The van der Waals surface area contributed by atoms with Crippen LogP contribution in [-0.2, 0) is 11.3 Å². The molecule has 1 aromatic heterocycles. The fourth-order valence-electron chi connectivity index (χ4n) is 1.90. The van der Waals surface area contributed by atoms with Gasteiger partial charge in [0.2, 0.25) is 0 Å². The molecule has 0 spiro atoms. The van der Waals surface area contributed by atoms with Crippen LogP contribution in [0.3, 0.4) is 0 Å². The molecule has 0 aliphatic rings. The van der Waals surface area contributed by atoms with E-state index in [4.69, 9.17) is 4.84 Å². The summed E-state index contributed by atoms with van der Waals surface area (Å²) in [6, 6.07) is 5.70. The van der Waals surface area contributed by atoms with Crippen molar-refractivity contribution < 1.29 is 14.7 Å². The zero-order chi connectivity index (χ0) is 13.8. The van der Waals surface area contributed by atoms with Crippen LogP contribution in [0.4, 0.5) is 4.79 Å². The van der Waals surface area contributed by atoms with Crippen LogP contribution in [0.5, 0.6) is 0 Å². The zero-order valence-corrected chi connectivity index (χ0v) is 11.0. The van der Waals surface area contributed by atoms with Crippen molar-refractivity contribution in [2.24, 2.45) is 0 Å². The molecule has 0 aliphatic carbocycles. The molecule has 1 heterocycles. The van der Waals surface area contributed by atoms with E-state index in [9.17, 15) is 9.90 Å². The summed E-state index contributed by atoms with van der Waals surface area (Å²) in [4.78, 5) is 20.8. The van der Waals surface area contributed by atoms with Gasteiger partial charge in [-0.2, -0.15) is 0 Å². The van der Waals surface area contributed by atoms with Crippen LogP contribution in [0.25, 0.3) is 11.0 Å². The van der Waals surface area contributed by atoms with Crippen LogP contribution < -0.4 is 5.17 Å². The van der Waals surface area contributed by atoms with E-state index in [1.807, 2.05) is 32.0 Å². The Balaban J connectivity index is 2.45. The molecule has 1 amide bonds. The van der Waals surface area contributed by atoms with E-state index >= 15 is 0 Å². The molecule has 102 valence electrons. The molecule has 0 bridgehead atoms. The van der Waals surface area contributed by atoms with E-state index in [0.717, 1.165) is 34.6 Å². The van der Waals surface area contributed by atoms with E-state index in [2.05, 4.69) is 4.98 Å². The predicted octanol–water partition coefficient (Wildman–Crippen LogP) is 2.56. The number of fused-ring (bicyclic) bond motifs is 1. The highest BCUT2D eigenvalue weighted by molar-refractivity contribution is 5.82. The maximum Gasteiger partial charge on any atom is 0.452 e. The van der Waals surface area contributed by atoms with Gasteiger partial charge in [0.1, 0.15) is 6.33 Å². The number of para-hydroxylation sites is 1. The fourth-order valence-corrected chi connectivity index (χ4v) is 1.90. The first-order chi connectivity index (χ1) is 9.19. The molecule has 1 aromatic carbocycles. The van der Waals surface area contributed by atoms with E-state index < -0.39 is 6.09 Å². The number of aryl methyl sites for hydroxylation is 1. The van der Waals surface area contributed by atoms with Crippen molar-refractivity contribution >= 4 is 17.1 Å². The van der Waals surface area contributed by atoms with Gasteiger partial charge in [0.25, 0.3) is 0 Å². The molecule has 0 atom stereocenters. The minimum atomic E-state index is -1.17. The molecule has 2 aromatic rings. The number of nitrogens with zero attached hydrogens (tertiary/aromatic N) is 3. The van der Waals surface area contributed by atoms with Crippen molar-refractivity contribution in [1.29, 1.82) is 0 Å². The third-order valence-electron chi connectivity index (χ3n) is 2.80. The monoisotopic (exact) mass is 263 g/mol. The van der Waals surface area contributed by atoms with Gasteiger partial charge < -0.3 is 5.11 Å². The van der Waals surface area contributed by atoms with Gasteiger partial charge in [-0.25, -0.2) is 19.3 Å². The van der Waals surface area contributed by atoms with Gasteiger partial charge >= 0.3 is 6.09 Å². The topological polar surface area (TPSA) is 67.6 Å². The van der Waals surface area contributed by atoms with E-state index in [0.29, 0.717) is 6.61 Å². The molecule has 0 saturated carbocycles. The first kappa shape index (κ1) is 13.4. The van der Waals surface area contributed by atoms with Gasteiger partial charge in [-0.3, -0.25) is 0 Å². The molecule has 0 fully saturated rings. The quantitative estimate of drug-likeness (QED) is 0.842. The molecular formula is C13H17N3O3. The summed E-state index contributed by atoms with van der Waals surface area (Å²) >= 11 is 0. The Hall–Kier alpha value is -2.08. The van der Waals surface area contributed by atoms with Crippen molar-refractivity contribution in [1.82, 2.24) is 9.66 Å². The molecule has 0 unspecified atom stereocenters. The second kappa shape index (κ2) is 5.71. The van der Waals surface area contributed by atoms with Gasteiger partial charge in [-0.1, -0.05) is 31.2 Å². The number of carbonyl (C=O) groups is 1. The highest BCUT2D eigenvalue weighted by atomic mass is 16.7. The second-order valence-electron chi connectivity index (χ2n) is 4.12. The summed E-state index contributed by atoms with van der Waals surface area (Å²) in [5.74, 6) is 0. The van der Waals surface area contributed by atoms with Crippen LogP contribution in [0.2, 0.25) is 0 Å². The summed E-state index contributed by atoms with van der Waals surface area (Å²) in [5.41, 5.74) is 2.60. The Kier molecular flexibility index (Phi) is 4.01. The third kappa shape index (κ3) is 2.53. The maximum atomic E-state index is 11.3. The van der Waals surface area contributed by atoms with E-state index in [1.165, 1.54) is 11.0 Å². The standard InChI is InChI=1S/C13H17N3O3/c1-3-8-19-16(13(17)18)15-9-14-12-10(4-2)6-5-7-11(12)15/h5-7,9H,3-4,8H2,1-2H3,(H,17,18). The zero-order valence-electron chi connectivity index (χ0n) is 11.0. The molecule has 19 heavy (non-hydrogen) atoms. The summed E-state index contributed by atoms with van der Waals surface area (Å²) in [5, 5.41) is 10.0. The van der Waals surface area contributed by atoms with Crippen molar-refractivity contribution in [2.75, 3.05) is 11.8 Å². The summed E-state index contributed by atoms with van der Waals surface area (Å²) in [7, 11) is 0. The molecule has 0 radical (unpaired) electrons. The van der Waals surface area contributed by atoms with Gasteiger partial charge in [0.15, 0.2) is 0 Å². The lowest BCUT2D eigenvalue weighted by Gasteiger charge is -2.19. The Labute approximate surface area is 111 Å². The fraction of sp³-hybridized carbons (Fsp3) is 0.385. The molecule has 6 nitrogen and oxygen atoms in total. The number of imidazole rings is 1. The normalized spacial score (nSPS) is 10.8. The maximum absolute atomic E-state index is 11.3. The molecular weight excluding hydrogens is 246 g/mol. The molecule has 1 N–H and O–H groups in total. The van der Waals surface area contributed by atoms with Crippen LogP contribution >= 0.6 is 0 Å². The number of benzene rings is 1. The summed E-state index contributed by atoms with van der Waals surface area (Å²) in [6.45, 7) is 4.29. The van der Waals surface area contributed by atoms with Crippen LogP contribution in [0, 0.1) is 0 Å². The van der Waals surface area contributed by atoms with Crippen molar-refractivity contribution in [2.45, 2.75) is 26.7 Å². The SMILES string of the molecule is CCCON(C(=O)O)n1cnc2c(CC)cccc21. The predicted molar refractivity (Wildman–Crippen MR) is 71.6 cm³/mol. The van der Waals surface area contributed by atoms with E-state index in [-0.39, 0.29) is 0 Å². The number of hydrogen-bond donors (Lipinski definition) is 1. The number of hydrogen-bond acceptors (Lipinski definition) is 3. The Bertz CT molecular complexity index is 580. The number of amides is 1. The van der Waals surface area contributed by atoms with Crippen LogP contribution in [0.1, 0.15) is 25.8 Å². The molecule has 0 aliphatic heterocycles. The summed E-state index contributed by atoms with van der Waals surface area (Å²) < 4.78 is 1.41. The van der Waals surface area contributed by atoms with Crippen LogP contribution in [0.15, 0.2) is 24.5 Å².